The molecule has 0 bridgehead atoms. The lowest BCUT2D eigenvalue weighted by Crippen LogP contribution is -2.37. The van der Waals surface area contributed by atoms with E-state index in [2.05, 4.69) is 36.3 Å². The molecule has 0 radical (unpaired) electrons. The SMILES string of the molecule is CC1(C)CCCC1NCc1[nH]c2ccccc2c1Cl. The highest BCUT2D eigenvalue weighted by Crippen LogP contribution is 2.37. The van der Waals surface area contributed by atoms with Gasteiger partial charge in [-0.2, -0.15) is 0 Å². The van der Waals surface area contributed by atoms with Crippen molar-refractivity contribution in [3.8, 4) is 0 Å². The number of nitrogens with one attached hydrogen (secondary N) is 2. The third-order valence-electron chi connectivity index (χ3n) is 4.50. The van der Waals surface area contributed by atoms with Gasteiger partial charge in [0.25, 0.3) is 0 Å². The predicted octanol–water partition coefficient (Wildman–Crippen LogP) is 4.49. The molecule has 0 amide bonds. The zero-order valence-electron chi connectivity index (χ0n) is 11.6. The largest absolute Gasteiger partial charge is 0.356 e. The highest BCUT2D eigenvalue weighted by Gasteiger charge is 2.33. The Hall–Kier alpha value is -0.990. The van der Waals surface area contributed by atoms with E-state index in [0.29, 0.717) is 11.5 Å². The molecule has 1 unspecified atom stereocenters. The smallest absolute Gasteiger partial charge is 0.0705 e. The average Bonchev–Trinajstić information content (AvgIpc) is 2.88. The first-order valence-electron chi connectivity index (χ1n) is 7.06. The zero-order valence-corrected chi connectivity index (χ0v) is 12.3. The van der Waals surface area contributed by atoms with Gasteiger partial charge < -0.3 is 10.3 Å². The molecule has 1 aromatic heterocycles. The number of hydrogen-bond donors (Lipinski definition) is 2. The molecule has 0 aliphatic heterocycles. The Morgan fingerprint density at radius 3 is 2.84 bits per heavy atom. The highest BCUT2D eigenvalue weighted by atomic mass is 35.5. The first kappa shape index (κ1) is 13.0. The monoisotopic (exact) mass is 276 g/mol. The van der Waals surface area contributed by atoms with E-state index in [1.807, 2.05) is 12.1 Å². The van der Waals surface area contributed by atoms with Crippen molar-refractivity contribution in [2.24, 2.45) is 5.41 Å². The Balaban J connectivity index is 1.77. The fraction of sp³-hybridized carbons (Fsp3) is 0.500. The van der Waals surface area contributed by atoms with E-state index < -0.39 is 0 Å². The van der Waals surface area contributed by atoms with Crippen molar-refractivity contribution in [1.29, 1.82) is 0 Å². The summed E-state index contributed by atoms with van der Waals surface area (Å²) in [5, 5.41) is 5.65. The molecule has 3 rings (SSSR count). The van der Waals surface area contributed by atoms with Crippen molar-refractivity contribution < 1.29 is 0 Å². The van der Waals surface area contributed by atoms with E-state index in [1.165, 1.54) is 19.3 Å². The molecule has 1 saturated carbocycles. The molecule has 102 valence electrons. The van der Waals surface area contributed by atoms with Gasteiger partial charge in [0.1, 0.15) is 0 Å². The average molecular weight is 277 g/mol. The molecule has 0 saturated heterocycles. The van der Waals surface area contributed by atoms with Crippen LogP contribution in [0.1, 0.15) is 38.8 Å². The number of H-pyrrole nitrogens is 1. The summed E-state index contributed by atoms with van der Waals surface area (Å²) in [6.45, 7) is 5.52. The Kier molecular flexibility index (Phi) is 3.32. The number of benzene rings is 1. The van der Waals surface area contributed by atoms with E-state index in [0.717, 1.165) is 28.2 Å². The van der Waals surface area contributed by atoms with Crippen molar-refractivity contribution in [3.05, 3.63) is 35.0 Å². The highest BCUT2D eigenvalue weighted by molar-refractivity contribution is 6.36. The van der Waals surface area contributed by atoms with E-state index in [1.54, 1.807) is 0 Å². The molecule has 1 fully saturated rings. The summed E-state index contributed by atoms with van der Waals surface area (Å²) in [6.07, 6.45) is 3.90. The van der Waals surface area contributed by atoms with Gasteiger partial charge in [0, 0.05) is 29.2 Å². The number of fused-ring (bicyclic) bond motifs is 1. The fourth-order valence-electron chi connectivity index (χ4n) is 3.22. The molecule has 1 aliphatic rings. The summed E-state index contributed by atoms with van der Waals surface area (Å²) in [5.41, 5.74) is 2.62. The lowest BCUT2D eigenvalue weighted by molar-refractivity contribution is 0.282. The van der Waals surface area contributed by atoms with Gasteiger partial charge in [0.15, 0.2) is 0 Å². The Bertz CT molecular complexity index is 585. The Morgan fingerprint density at radius 2 is 2.16 bits per heavy atom. The lowest BCUT2D eigenvalue weighted by atomic mass is 9.87. The van der Waals surface area contributed by atoms with Gasteiger partial charge in [-0.05, 0) is 24.3 Å². The Labute approximate surface area is 119 Å². The number of rotatable bonds is 3. The van der Waals surface area contributed by atoms with Crippen molar-refractivity contribution >= 4 is 22.5 Å². The maximum Gasteiger partial charge on any atom is 0.0705 e. The fourth-order valence-corrected chi connectivity index (χ4v) is 3.49. The van der Waals surface area contributed by atoms with Crippen LogP contribution in [0.4, 0.5) is 0 Å². The van der Waals surface area contributed by atoms with Gasteiger partial charge in [-0.1, -0.05) is 50.1 Å². The second-order valence-electron chi connectivity index (χ2n) is 6.28. The van der Waals surface area contributed by atoms with Gasteiger partial charge in [-0.25, -0.2) is 0 Å². The standard InChI is InChI=1S/C16H21ClN2/c1-16(2)9-5-8-14(16)18-10-13-15(17)11-6-3-4-7-12(11)19-13/h3-4,6-7,14,18-19H,5,8-10H2,1-2H3. The van der Waals surface area contributed by atoms with Crippen LogP contribution in [0.3, 0.4) is 0 Å². The number of para-hydroxylation sites is 1. The minimum atomic E-state index is 0.401. The van der Waals surface area contributed by atoms with Crippen LogP contribution in [0.15, 0.2) is 24.3 Å². The van der Waals surface area contributed by atoms with Crippen molar-refractivity contribution in [1.82, 2.24) is 10.3 Å². The predicted molar refractivity (Wildman–Crippen MR) is 81.6 cm³/mol. The number of hydrogen-bond acceptors (Lipinski definition) is 1. The summed E-state index contributed by atoms with van der Waals surface area (Å²) < 4.78 is 0. The topological polar surface area (TPSA) is 27.8 Å². The molecular formula is C16H21ClN2. The molecule has 2 aromatic rings. The second-order valence-corrected chi connectivity index (χ2v) is 6.66. The number of halogens is 1. The second kappa shape index (κ2) is 4.84. The van der Waals surface area contributed by atoms with Crippen LogP contribution in [0, 0.1) is 5.41 Å². The van der Waals surface area contributed by atoms with Crippen LogP contribution < -0.4 is 5.32 Å². The van der Waals surface area contributed by atoms with E-state index in [-0.39, 0.29) is 0 Å². The van der Waals surface area contributed by atoms with Gasteiger partial charge in [0.05, 0.1) is 5.02 Å². The molecule has 0 spiro atoms. The summed E-state index contributed by atoms with van der Waals surface area (Å²) in [6, 6.07) is 8.79. The van der Waals surface area contributed by atoms with Crippen LogP contribution in [0.5, 0.6) is 0 Å². The van der Waals surface area contributed by atoms with Crippen LogP contribution in [0.2, 0.25) is 5.02 Å². The Morgan fingerprint density at radius 1 is 1.37 bits per heavy atom. The van der Waals surface area contributed by atoms with E-state index in [4.69, 9.17) is 11.6 Å². The summed E-state index contributed by atoms with van der Waals surface area (Å²) in [7, 11) is 0. The molecule has 19 heavy (non-hydrogen) atoms. The molecule has 1 aromatic carbocycles. The third kappa shape index (κ3) is 2.39. The number of aromatic nitrogens is 1. The van der Waals surface area contributed by atoms with Crippen LogP contribution in [-0.2, 0) is 6.54 Å². The first-order chi connectivity index (χ1) is 9.08. The summed E-state index contributed by atoms with van der Waals surface area (Å²) in [5.74, 6) is 0. The van der Waals surface area contributed by atoms with Crippen molar-refractivity contribution in [3.63, 3.8) is 0 Å². The van der Waals surface area contributed by atoms with Crippen molar-refractivity contribution in [2.45, 2.75) is 45.7 Å². The molecule has 1 heterocycles. The number of aromatic amines is 1. The van der Waals surface area contributed by atoms with Gasteiger partial charge in [0.2, 0.25) is 0 Å². The van der Waals surface area contributed by atoms with Crippen LogP contribution >= 0.6 is 11.6 Å². The maximum atomic E-state index is 6.44. The van der Waals surface area contributed by atoms with Gasteiger partial charge >= 0.3 is 0 Å². The van der Waals surface area contributed by atoms with Crippen LogP contribution in [0.25, 0.3) is 10.9 Å². The van der Waals surface area contributed by atoms with Gasteiger partial charge in [-0.3, -0.25) is 0 Å². The normalized spacial score (nSPS) is 22.2. The third-order valence-corrected chi connectivity index (χ3v) is 4.93. The molecule has 1 atom stereocenters. The molecule has 2 nitrogen and oxygen atoms in total. The van der Waals surface area contributed by atoms with Crippen molar-refractivity contribution in [2.75, 3.05) is 0 Å². The minimum Gasteiger partial charge on any atom is -0.356 e. The summed E-state index contributed by atoms with van der Waals surface area (Å²) >= 11 is 6.44. The minimum absolute atomic E-state index is 0.401. The first-order valence-corrected chi connectivity index (χ1v) is 7.44. The quantitative estimate of drug-likeness (QED) is 0.849. The van der Waals surface area contributed by atoms with E-state index in [9.17, 15) is 0 Å². The molecule has 1 aliphatic carbocycles. The molecular weight excluding hydrogens is 256 g/mol. The zero-order chi connectivity index (χ0) is 13.5. The van der Waals surface area contributed by atoms with Crippen LogP contribution in [-0.4, -0.2) is 11.0 Å². The van der Waals surface area contributed by atoms with Gasteiger partial charge in [-0.15, -0.1) is 0 Å². The molecule has 2 N–H and O–H groups in total. The maximum absolute atomic E-state index is 6.44. The summed E-state index contributed by atoms with van der Waals surface area (Å²) in [4.78, 5) is 3.42. The lowest BCUT2D eigenvalue weighted by Gasteiger charge is -2.27. The molecule has 3 heteroatoms. The van der Waals surface area contributed by atoms with E-state index >= 15 is 0 Å².